The second kappa shape index (κ2) is 8.74. The molecule has 1 unspecified atom stereocenters. The van der Waals surface area contributed by atoms with Gasteiger partial charge >= 0.3 is 0 Å². The van der Waals surface area contributed by atoms with Gasteiger partial charge < -0.3 is 15.0 Å². The predicted octanol–water partition coefficient (Wildman–Crippen LogP) is 4.01. The van der Waals surface area contributed by atoms with E-state index in [2.05, 4.69) is 10.2 Å². The summed E-state index contributed by atoms with van der Waals surface area (Å²) in [5.74, 6) is 0.406. The number of hydrogen-bond acceptors (Lipinski definition) is 4. The summed E-state index contributed by atoms with van der Waals surface area (Å²) in [7, 11) is 0. The minimum atomic E-state index is -0.391. The monoisotopic (exact) mass is 436 g/mol. The van der Waals surface area contributed by atoms with Crippen LogP contribution >= 0.6 is 0 Å². The third-order valence-corrected chi connectivity index (χ3v) is 8.72. The van der Waals surface area contributed by atoms with Crippen molar-refractivity contribution in [2.24, 2.45) is 5.92 Å². The zero-order valence-corrected chi connectivity index (χ0v) is 19.2. The van der Waals surface area contributed by atoms with E-state index in [9.17, 15) is 14.4 Å². The summed E-state index contributed by atoms with van der Waals surface area (Å²) in [6, 6.07) is 5.91. The molecule has 0 radical (unpaired) electrons. The van der Waals surface area contributed by atoms with Crippen LogP contribution in [-0.4, -0.2) is 47.0 Å². The van der Waals surface area contributed by atoms with E-state index in [0.717, 1.165) is 88.2 Å². The van der Waals surface area contributed by atoms with Gasteiger partial charge in [-0.1, -0.05) is 50.7 Å². The van der Waals surface area contributed by atoms with Gasteiger partial charge in [-0.15, -0.1) is 0 Å². The van der Waals surface area contributed by atoms with Crippen LogP contribution in [0.3, 0.4) is 0 Å². The van der Waals surface area contributed by atoms with Gasteiger partial charge in [-0.3, -0.25) is 9.59 Å². The average Bonchev–Trinajstić information content (AvgIpc) is 3.39. The Morgan fingerprint density at radius 1 is 1.00 bits per heavy atom. The van der Waals surface area contributed by atoms with Gasteiger partial charge in [0.2, 0.25) is 5.91 Å². The van der Waals surface area contributed by atoms with Crippen molar-refractivity contribution in [3.05, 3.63) is 34.9 Å². The molecule has 5 heteroatoms. The van der Waals surface area contributed by atoms with Crippen molar-refractivity contribution >= 4 is 18.0 Å². The molecule has 1 aromatic carbocycles. The first-order valence-electron chi connectivity index (χ1n) is 12.7. The van der Waals surface area contributed by atoms with Gasteiger partial charge in [0.05, 0.1) is 11.1 Å². The lowest BCUT2D eigenvalue weighted by atomic mass is 9.80. The Hall–Kier alpha value is -2.01. The third-order valence-electron chi connectivity index (χ3n) is 8.72. The summed E-state index contributed by atoms with van der Waals surface area (Å²) in [5, 5.41) is 3.72. The van der Waals surface area contributed by atoms with Gasteiger partial charge in [-0.2, -0.15) is 0 Å². The summed E-state index contributed by atoms with van der Waals surface area (Å²) >= 11 is 0. The van der Waals surface area contributed by atoms with Crippen molar-refractivity contribution < 1.29 is 14.4 Å². The highest BCUT2D eigenvalue weighted by Crippen LogP contribution is 2.42. The number of nitrogens with one attached hydrogen (secondary N) is 1. The lowest BCUT2D eigenvalue weighted by Crippen LogP contribution is -2.72. The number of nitrogens with zero attached hydrogens (tertiary/aromatic N) is 1. The van der Waals surface area contributed by atoms with Crippen LogP contribution in [0.5, 0.6) is 0 Å². The van der Waals surface area contributed by atoms with E-state index in [1.807, 2.05) is 18.2 Å². The quantitative estimate of drug-likeness (QED) is 0.559. The van der Waals surface area contributed by atoms with Crippen LogP contribution in [0.25, 0.3) is 0 Å². The zero-order valence-electron chi connectivity index (χ0n) is 19.2. The summed E-state index contributed by atoms with van der Waals surface area (Å²) in [5.41, 5.74) is 2.53. The molecule has 1 amide bonds. The van der Waals surface area contributed by atoms with E-state index in [-0.39, 0.29) is 23.1 Å². The van der Waals surface area contributed by atoms with E-state index < -0.39 is 5.54 Å². The van der Waals surface area contributed by atoms with Crippen molar-refractivity contribution in [3.63, 3.8) is 0 Å². The van der Waals surface area contributed by atoms with E-state index >= 15 is 0 Å². The Kier molecular flexibility index (Phi) is 5.96. The molecule has 3 aliphatic carbocycles. The number of carbonyl (C=O) groups is 3. The summed E-state index contributed by atoms with van der Waals surface area (Å²) < 4.78 is 0. The van der Waals surface area contributed by atoms with Crippen LogP contribution in [0.1, 0.15) is 92.1 Å². The van der Waals surface area contributed by atoms with Crippen LogP contribution in [0.15, 0.2) is 18.2 Å². The number of benzene rings is 1. The zero-order chi connectivity index (χ0) is 22.2. The number of rotatable bonds is 5. The van der Waals surface area contributed by atoms with Crippen molar-refractivity contribution in [1.82, 2.24) is 10.2 Å². The maximum absolute atomic E-state index is 13.8. The number of Topliss-reactive ketones (excluding diaryl/α,β-unsaturated/α-hetero) is 1. The number of aldehydes is 1. The molecule has 1 heterocycles. The molecule has 32 heavy (non-hydrogen) atoms. The van der Waals surface area contributed by atoms with E-state index in [0.29, 0.717) is 13.0 Å². The van der Waals surface area contributed by atoms with Crippen molar-refractivity contribution in [2.75, 3.05) is 13.1 Å². The number of fused-ring (bicyclic) bond motifs is 1. The molecule has 3 fully saturated rings. The fraction of sp³-hybridized carbons (Fsp3) is 0.667. The number of piperazine rings is 1. The number of amides is 1. The summed E-state index contributed by atoms with van der Waals surface area (Å²) in [4.78, 5) is 40.3. The molecule has 0 bridgehead atoms. The first kappa shape index (κ1) is 21.8. The molecule has 1 saturated heterocycles. The van der Waals surface area contributed by atoms with Crippen molar-refractivity contribution in [3.8, 4) is 0 Å². The van der Waals surface area contributed by atoms with Crippen molar-refractivity contribution in [1.29, 1.82) is 0 Å². The molecule has 1 aromatic rings. The second-order valence-corrected chi connectivity index (χ2v) is 10.7. The van der Waals surface area contributed by atoms with Crippen molar-refractivity contribution in [2.45, 2.75) is 94.5 Å². The van der Waals surface area contributed by atoms with E-state index in [4.69, 9.17) is 0 Å². The Bertz CT molecular complexity index is 894. The topological polar surface area (TPSA) is 66.5 Å². The SMILES string of the molecule is O=CC1Cc2ccc(C(=O)CCN3C(=O)C4(CCCC4)NCC34CCCCCC4)cc2C1. The van der Waals surface area contributed by atoms with Crippen LogP contribution in [0.2, 0.25) is 0 Å². The molecular weight excluding hydrogens is 400 g/mol. The van der Waals surface area contributed by atoms with Crippen LogP contribution in [-0.2, 0) is 22.4 Å². The predicted molar refractivity (Wildman–Crippen MR) is 124 cm³/mol. The molecule has 2 saturated carbocycles. The largest absolute Gasteiger partial charge is 0.334 e. The fourth-order valence-electron chi connectivity index (χ4n) is 6.80. The minimum Gasteiger partial charge on any atom is -0.334 e. The second-order valence-electron chi connectivity index (χ2n) is 10.7. The highest BCUT2D eigenvalue weighted by atomic mass is 16.2. The third kappa shape index (κ3) is 3.83. The molecule has 5 nitrogen and oxygen atoms in total. The molecular formula is C27H36N2O3. The van der Waals surface area contributed by atoms with Gasteiger partial charge in [0.15, 0.2) is 5.78 Å². The first-order valence-corrected chi connectivity index (χ1v) is 12.7. The molecule has 5 rings (SSSR count). The molecule has 1 N–H and O–H groups in total. The normalized spacial score (nSPS) is 26.3. The highest BCUT2D eigenvalue weighted by Gasteiger charge is 2.53. The van der Waals surface area contributed by atoms with Gasteiger partial charge in [-0.05, 0) is 55.7 Å². The minimum absolute atomic E-state index is 0.0477. The number of carbonyl (C=O) groups excluding carboxylic acids is 3. The van der Waals surface area contributed by atoms with E-state index in [1.54, 1.807) is 0 Å². The number of ketones is 1. The molecule has 2 spiro atoms. The lowest BCUT2D eigenvalue weighted by Gasteiger charge is -2.53. The molecule has 0 aromatic heterocycles. The first-order chi connectivity index (χ1) is 15.6. The highest BCUT2D eigenvalue weighted by molar-refractivity contribution is 5.97. The standard InChI is InChI=1S/C27H36N2O3/c30-18-20-15-21-7-8-22(17-23(21)16-20)24(31)9-14-29-25(32)27(12-5-6-13-27)28-19-26(29)10-3-1-2-4-11-26/h7-8,17-18,20,28H,1-6,9-16,19H2. The van der Waals surface area contributed by atoms with Crippen LogP contribution in [0.4, 0.5) is 0 Å². The van der Waals surface area contributed by atoms with Crippen LogP contribution in [0, 0.1) is 5.92 Å². The Labute approximate surface area is 191 Å². The Balaban J connectivity index is 1.34. The number of hydrogen-bond donors (Lipinski definition) is 1. The maximum atomic E-state index is 13.8. The van der Waals surface area contributed by atoms with Crippen LogP contribution < -0.4 is 5.32 Å². The van der Waals surface area contributed by atoms with Gasteiger partial charge in [-0.25, -0.2) is 0 Å². The molecule has 172 valence electrons. The van der Waals surface area contributed by atoms with Gasteiger partial charge in [0, 0.05) is 31.0 Å². The van der Waals surface area contributed by atoms with E-state index in [1.165, 1.54) is 18.4 Å². The van der Waals surface area contributed by atoms with Gasteiger partial charge in [0.25, 0.3) is 0 Å². The molecule has 4 aliphatic rings. The Morgan fingerprint density at radius 2 is 1.69 bits per heavy atom. The fourth-order valence-corrected chi connectivity index (χ4v) is 6.80. The molecule has 1 atom stereocenters. The summed E-state index contributed by atoms with van der Waals surface area (Å²) in [6.45, 7) is 1.40. The smallest absolute Gasteiger partial charge is 0.243 e. The molecule has 1 aliphatic heterocycles. The lowest BCUT2D eigenvalue weighted by molar-refractivity contribution is -0.151. The van der Waals surface area contributed by atoms with Gasteiger partial charge in [0.1, 0.15) is 6.29 Å². The maximum Gasteiger partial charge on any atom is 0.243 e. The summed E-state index contributed by atoms with van der Waals surface area (Å²) in [6.07, 6.45) is 13.9. The average molecular weight is 437 g/mol. The Morgan fingerprint density at radius 3 is 2.41 bits per heavy atom.